The molecule has 32 heavy (non-hydrogen) atoms. The molecule has 4 N–H and O–H groups in total. The summed E-state index contributed by atoms with van der Waals surface area (Å²) in [6.45, 7) is 2.61. The van der Waals surface area contributed by atoms with Gasteiger partial charge >= 0.3 is 0 Å². The van der Waals surface area contributed by atoms with Crippen molar-refractivity contribution in [3.8, 4) is 16.9 Å². The molecule has 0 spiro atoms. The van der Waals surface area contributed by atoms with Crippen molar-refractivity contribution in [2.24, 2.45) is 18.5 Å². The predicted molar refractivity (Wildman–Crippen MR) is 119 cm³/mol. The van der Waals surface area contributed by atoms with E-state index in [1.165, 1.54) is 12.1 Å². The largest absolute Gasteiger partial charge is 0.492 e. The van der Waals surface area contributed by atoms with Gasteiger partial charge in [0.2, 0.25) is 0 Å². The van der Waals surface area contributed by atoms with E-state index in [-0.39, 0.29) is 12.3 Å². The summed E-state index contributed by atoms with van der Waals surface area (Å²) in [5.41, 5.74) is 16.4. The fourth-order valence-electron chi connectivity index (χ4n) is 3.79. The van der Waals surface area contributed by atoms with Crippen LogP contribution in [-0.2, 0) is 19.9 Å². The van der Waals surface area contributed by atoms with Crippen LogP contribution in [0.2, 0.25) is 0 Å². The molecular weight excluding hydrogens is 411 g/mol. The number of aromatic nitrogens is 4. The zero-order chi connectivity index (χ0) is 22.8. The summed E-state index contributed by atoms with van der Waals surface area (Å²) in [4.78, 5) is 16.1. The number of imidazole rings is 1. The maximum absolute atomic E-state index is 14.0. The molecule has 9 heteroatoms. The van der Waals surface area contributed by atoms with E-state index in [1.54, 1.807) is 24.0 Å². The van der Waals surface area contributed by atoms with Gasteiger partial charge in [-0.3, -0.25) is 9.48 Å². The van der Waals surface area contributed by atoms with Crippen LogP contribution in [0.5, 0.6) is 5.75 Å². The van der Waals surface area contributed by atoms with E-state index in [0.717, 1.165) is 33.7 Å². The fourth-order valence-corrected chi connectivity index (χ4v) is 3.79. The first-order valence-electron chi connectivity index (χ1n) is 10.3. The highest BCUT2D eigenvalue weighted by Gasteiger charge is 2.18. The van der Waals surface area contributed by atoms with Crippen LogP contribution in [0.4, 0.5) is 4.39 Å². The Morgan fingerprint density at radius 2 is 2.03 bits per heavy atom. The number of benzene rings is 1. The zero-order valence-corrected chi connectivity index (χ0v) is 18.0. The van der Waals surface area contributed by atoms with Gasteiger partial charge in [0.1, 0.15) is 17.2 Å². The average molecular weight is 436 g/mol. The van der Waals surface area contributed by atoms with Crippen LogP contribution in [-0.4, -0.2) is 38.2 Å². The minimum Gasteiger partial charge on any atom is -0.492 e. The van der Waals surface area contributed by atoms with Crippen LogP contribution in [0.25, 0.3) is 16.8 Å². The third-order valence-electron chi connectivity index (χ3n) is 5.54. The van der Waals surface area contributed by atoms with Crippen molar-refractivity contribution in [2.45, 2.75) is 19.8 Å². The number of carbonyl (C=O) groups excluding carboxylic acids is 1. The van der Waals surface area contributed by atoms with Crippen molar-refractivity contribution in [2.75, 3.05) is 13.2 Å². The lowest BCUT2D eigenvalue weighted by Crippen LogP contribution is -2.15. The van der Waals surface area contributed by atoms with E-state index >= 15 is 0 Å². The Morgan fingerprint density at radius 3 is 2.78 bits per heavy atom. The number of hydrogen-bond acceptors (Lipinski definition) is 5. The molecular formula is C23H25FN6O2. The SMILES string of the molecule is Cc1c(CCOc2cc(F)ccc2-c2ccc3ncc(CCN)n3c2)c(C(N)=O)nn1C. The standard InChI is InChI=1S/C23H25FN6O2/c1-14-18(22(23(26)31)28-29(14)2)8-10-32-20-11-16(24)4-5-19(20)15-3-6-21-27-12-17(7-9-25)30(21)13-15/h3-6,11-13H,7-10,25H2,1-2H3,(H2,26,31). The highest BCUT2D eigenvalue weighted by Crippen LogP contribution is 2.31. The first-order chi connectivity index (χ1) is 15.4. The lowest BCUT2D eigenvalue weighted by atomic mass is 10.1. The quantitative estimate of drug-likeness (QED) is 0.440. The van der Waals surface area contributed by atoms with Gasteiger partial charge in [-0.2, -0.15) is 5.10 Å². The van der Waals surface area contributed by atoms with Crippen molar-refractivity contribution in [3.63, 3.8) is 0 Å². The normalized spacial score (nSPS) is 11.2. The molecule has 4 aromatic rings. The minimum absolute atomic E-state index is 0.228. The van der Waals surface area contributed by atoms with E-state index in [0.29, 0.717) is 25.1 Å². The predicted octanol–water partition coefficient (Wildman–Crippen LogP) is 2.40. The molecule has 166 valence electrons. The Kier molecular flexibility index (Phi) is 5.91. The van der Waals surface area contributed by atoms with Crippen molar-refractivity contribution in [1.29, 1.82) is 0 Å². The Hall–Kier alpha value is -3.72. The molecule has 8 nitrogen and oxygen atoms in total. The second-order valence-corrected chi connectivity index (χ2v) is 7.57. The number of aryl methyl sites for hydroxylation is 1. The molecule has 1 aromatic carbocycles. The molecule has 0 bridgehead atoms. The number of carbonyl (C=O) groups is 1. The average Bonchev–Trinajstić information content (AvgIpc) is 3.29. The van der Waals surface area contributed by atoms with Gasteiger partial charge in [0.15, 0.2) is 5.69 Å². The van der Waals surface area contributed by atoms with Gasteiger partial charge in [0.05, 0.1) is 6.61 Å². The molecule has 0 aliphatic heterocycles. The molecule has 3 heterocycles. The maximum atomic E-state index is 14.0. The highest BCUT2D eigenvalue weighted by molar-refractivity contribution is 5.92. The smallest absolute Gasteiger partial charge is 0.269 e. The molecule has 0 saturated carbocycles. The summed E-state index contributed by atoms with van der Waals surface area (Å²) >= 11 is 0. The molecule has 0 saturated heterocycles. The Bertz CT molecular complexity index is 1290. The summed E-state index contributed by atoms with van der Waals surface area (Å²) in [6.07, 6.45) is 4.86. The first kappa shape index (κ1) is 21.5. The van der Waals surface area contributed by atoms with E-state index in [1.807, 2.05) is 29.7 Å². The van der Waals surface area contributed by atoms with Crippen LogP contribution in [0.3, 0.4) is 0 Å². The third kappa shape index (κ3) is 4.06. The Morgan fingerprint density at radius 1 is 1.22 bits per heavy atom. The number of ether oxygens (including phenoxy) is 1. The molecule has 0 radical (unpaired) electrons. The van der Waals surface area contributed by atoms with E-state index in [9.17, 15) is 9.18 Å². The summed E-state index contributed by atoms with van der Waals surface area (Å²) in [7, 11) is 1.75. The van der Waals surface area contributed by atoms with E-state index < -0.39 is 11.7 Å². The molecule has 0 aliphatic carbocycles. The van der Waals surface area contributed by atoms with Crippen molar-refractivity contribution in [1.82, 2.24) is 19.2 Å². The zero-order valence-electron chi connectivity index (χ0n) is 18.0. The fraction of sp³-hybridized carbons (Fsp3) is 0.261. The topological polar surface area (TPSA) is 113 Å². The number of fused-ring (bicyclic) bond motifs is 1. The minimum atomic E-state index is -0.586. The van der Waals surface area contributed by atoms with Crippen LogP contribution in [0.1, 0.15) is 27.4 Å². The van der Waals surface area contributed by atoms with Crippen molar-refractivity contribution < 1.29 is 13.9 Å². The number of halogens is 1. The summed E-state index contributed by atoms with van der Waals surface area (Å²) < 4.78 is 23.6. The Balaban J connectivity index is 1.62. The molecule has 1 amide bonds. The van der Waals surface area contributed by atoms with Crippen LogP contribution >= 0.6 is 0 Å². The van der Waals surface area contributed by atoms with Gasteiger partial charge in [-0.1, -0.05) is 0 Å². The highest BCUT2D eigenvalue weighted by atomic mass is 19.1. The molecule has 0 atom stereocenters. The number of primary amides is 1. The second-order valence-electron chi connectivity index (χ2n) is 7.57. The molecule has 4 rings (SSSR count). The van der Waals surface area contributed by atoms with Crippen molar-refractivity contribution in [3.05, 3.63) is 71.2 Å². The number of pyridine rings is 1. The lowest BCUT2D eigenvalue weighted by Gasteiger charge is -2.13. The summed E-state index contributed by atoms with van der Waals surface area (Å²) in [5.74, 6) is -0.573. The maximum Gasteiger partial charge on any atom is 0.269 e. The summed E-state index contributed by atoms with van der Waals surface area (Å²) in [5, 5.41) is 4.17. The second kappa shape index (κ2) is 8.80. The molecule has 0 aliphatic rings. The number of hydrogen-bond donors (Lipinski definition) is 2. The van der Waals surface area contributed by atoms with Crippen molar-refractivity contribution >= 4 is 11.6 Å². The van der Waals surface area contributed by atoms with Gasteiger partial charge in [0.25, 0.3) is 5.91 Å². The number of rotatable bonds is 8. The molecule has 3 aromatic heterocycles. The number of amides is 1. The van der Waals surface area contributed by atoms with Gasteiger partial charge in [0, 0.05) is 66.4 Å². The Labute approximate surface area is 184 Å². The van der Waals surface area contributed by atoms with E-state index in [4.69, 9.17) is 16.2 Å². The van der Waals surface area contributed by atoms with Gasteiger partial charge in [-0.25, -0.2) is 9.37 Å². The van der Waals surface area contributed by atoms with Crippen LogP contribution in [0, 0.1) is 12.7 Å². The van der Waals surface area contributed by atoms with E-state index in [2.05, 4.69) is 10.1 Å². The lowest BCUT2D eigenvalue weighted by molar-refractivity contribution is 0.0994. The molecule has 0 fully saturated rings. The van der Waals surface area contributed by atoms with Gasteiger partial charge < -0.3 is 20.6 Å². The monoisotopic (exact) mass is 436 g/mol. The number of nitrogens with two attached hydrogens (primary N) is 2. The van der Waals surface area contributed by atoms with Crippen LogP contribution < -0.4 is 16.2 Å². The first-order valence-corrected chi connectivity index (χ1v) is 10.3. The van der Waals surface area contributed by atoms with Gasteiger partial charge in [-0.05, 0) is 37.7 Å². The number of nitrogens with zero attached hydrogens (tertiary/aromatic N) is 4. The third-order valence-corrected chi connectivity index (χ3v) is 5.54. The van der Waals surface area contributed by atoms with Gasteiger partial charge in [-0.15, -0.1) is 0 Å². The van der Waals surface area contributed by atoms with Crippen LogP contribution in [0.15, 0.2) is 42.7 Å². The molecule has 0 unspecified atom stereocenters. The summed E-state index contributed by atoms with van der Waals surface area (Å²) in [6, 6.07) is 8.28.